The second-order valence-corrected chi connectivity index (χ2v) is 6.50. The Morgan fingerprint density at radius 1 is 1.29 bits per heavy atom. The average Bonchev–Trinajstić information content (AvgIpc) is 2.62. The molecular weight excluding hydrogens is 218 g/mol. The summed E-state index contributed by atoms with van der Waals surface area (Å²) in [4.78, 5) is 12.5. The second-order valence-electron chi connectivity index (χ2n) is 6.50. The zero-order chi connectivity index (χ0) is 12.7. The van der Waals surface area contributed by atoms with Crippen molar-refractivity contribution in [1.82, 2.24) is 4.90 Å². The molecule has 0 unspecified atom stereocenters. The van der Waals surface area contributed by atoms with Crippen LogP contribution in [0.15, 0.2) is 0 Å². The van der Waals surface area contributed by atoms with Gasteiger partial charge in [-0.15, -0.1) is 0 Å². The first-order valence-corrected chi connectivity index (χ1v) is 6.45. The maximum Gasteiger partial charge on any atom is 0.407 e. The molecule has 4 nitrogen and oxygen atoms in total. The van der Waals surface area contributed by atoms with Crippen molar-refractivity contribution in [3.05, 3.63) is 0 Å². The Bertz CT molecular complexity index is 300. The lowest BCUT2D eigenvalue weighted by molar-refractivity contribution is -0.0523. The minimum absolute atomic E-state index is 0.141. The van der Waals surface area contributed by atoms with Crippen molar-refractivity contribution in [2.75, 3.05) is 19.7 Å². The van der Waals surface area contributed by atoms with E-state index in [0.717, 1.165) is 25.9 Å². The van der Waals surface area contributed by atoms with Crippen LogP contribution in [0.25, 0.3) is 0 Å². The molecule has 2 fully saturated rings. The summed E-state index contributed by atoms with van der Waals surface area (Å²) >= 11 is 0. The number of carbonyl (C=O) groups is 1. The molecule has 0 radical (unpaired) electrons. The van der Waals surface area contributed by atoms with E-state index < -0.39 is 6.09 Å². The van der Waals surface area contributed by atoms with E-state index in [-0.39, 0.29) is 16.9 Å². The van der Waals surface area contributed by atoms with E-state index in [1.165, 1.54) is 4.90 Å². The Balaban J connectivity index is 2.08. The van der Waals surface area contributed by atoms with Crippen molar-refractivity contribution in [2.24, 2.45) is 10.8 Å². The van der Waals surface area contributed by atoms with Gasteiger partial charge >= 0.3 is 6.09 Å². The van der Waals surface area contributed by atoms with Crippen LogP contribution in [-0.4, -0.2) is 41.9 Å². The van der Waals surface area contributed by atoms with Crippen LogP contribution < -0.4 is 0 Å². The molecule has 2 rings (SSSR count). The first-order valence-electron chi connectivity index (χ1n) is 6.45. The number of likely N-dealkylation sites (tertiary alicyclic amines) is 1. The van der Waals surface area contributed by atoms with Gasteiger partial charge in [0.1, 0.15) is 0 Å². The van der Waals surface area contributed by atoms with Crippen molar-refractivity contribution in [3.63, 3.8) is 0 Å². The second kappa shape index (κ2) is 4.16. The summed E-state index contributed by atoms with van der Waals surface area (Å²) in [5.74, 6) is 0. The Hall–Kier alpha value is -0.770. The summed E-state index contributed by atoms with van der Waals surface area (Å²) in [6, 6.07) is 0. The molecule has 1 atom stereocenters. The van der Waals surface area contributed by atoms with E-state index in [9.17, 15) is 4.79 Å². The predicted octanol–water partition coefficient (Wildman–Crippen LogP) is 2.58. The van der Waals surface area contributed by atoms with E-state index in [1.807, 2.05) is 0 Å². The third-order valence-electron chi connectivity index (χ3n) is 4.26. The fourth-order valence-electron chi connectivity index (χ4n) is 3.51. The molecule has 2 aliphatic heterocycles. The van der Waals surface area contributed by atoms with Gasteiger partial charge in [-0.05, 0) is 24.7 Å². The van der Waals surface area contributed by atoms with Crippen LogP contribution in [0.3, 0.4) is 0 Å². The van der Waals surface area contributed by atoms with E-state index in [4.69, 9.17) is 9.84 Å². The lowest BCUT2D eigenvalue weighted by Crippen LogP contribution is -2.49. The summed E-state index contributed by atoms with van der Waals surface area (Å²) in [6.07, 6.45) is 2.46. The van der Waals surface area contributed by atoms with Crippen LogP contribution >= 0.6 is 0 Å². The zero-order valence-corrected chi connectivity index (χ0v) is 11.0. The highest BCUT2D eigenvalue weighted by Crippen LogP contribution is 2.50. The molecule has 2 saturated heterocycles. The number of hydrogen-bond acceptors (Lipinski definition) is 2. The Kier molecular flexibility index (Phi) is 3.10. The predicted molar refractivity (Wildman–Crippen MR) is 65.1 cm³/mol. The highest BCUT2D eigenvalue weighted by atomic mass is 16.5. The van der Waals surface area contributed by atoms with Gasteiger partial charge in [-0.2, -0.15) is 0 Å². The first-order chi connectivity index (χ1) is 7.85. The summed E-state index contributed by atoms with van der Waals surface area (Å²) in [6.45, 7) is 8.79. The third-order valence-corrected chi connectivity index (χ3v) is 4.26. The highest BCUT2D eigenvalue weighted by molar-refractivity contribution is 5.65. The molecule has 17 heavy (non-hydrogen) atoms. The quantitative estimate of drug-likeness (QED) is 0.709. The third kappa shape index (κ3) is 2.28. The lowest BCUT2D eigenvalue weighted by atomic mass is 9.65. The maximum atomic E-state index is 10.9. The molecule has 0 aromatic carbocycles. The lowest BCUT2D eigenvalue weighted by Gasteiger charge is -2.45. The summed E-state index contributed by atoms with van der Waals surface area (Å²) in [5.41, 5.74) is 0.353. The van der Waals surface area contributed by atoms with Crippen LogP contribution in [0.4, 0.5) is 4.79 Å². The number of carboxylic acid groups (broad SMARTS) is 1. The Morgan fingerprint density at radius 2 is 1.88 bits per heavy atom. The summed E-state index contributed by atoms with van der Waals surface area (Å²) in [5, 5.41) is 8.99. The van der Waals surface area contributed by atoms with Crippen molar-refractivity contribution in [3.8, 4) is 0 Å². The molecule has 4 heteroatoms. The van der Waals surface area contributed by atoms with Crippen molar-refractivity contribution < 1.29 is 14.6 Å². The monoisotopic (exact) mass is 241 g/mol. The van der Waals surface area contributed by atoms with Gasteiger partial charge in [0.05, 0.1) is 6.10 Å². The molecule has 1 spiro atoms. The number of rotatable bonds is 0. The van der Waals surface area contributed by atoms with Crippen molar-refractivity contribution in [1.29, 1.82) is 0 Å². The first kappa shape index (κ1) is 12.7. The van der Waals surface area contributed by atoms with Gasteiger partial charge in [0, 0.05) is 25.1 Å². The van der Waals surface area contributed by atoms with Gasteiger partial charge in [0.25, 0.3) is 0 Å². The van der Waals surface area contributed by atoms with Crippen molar-refractivity contribution in [2.45, 2.75) is 46.1 Å². The molecule has 1 amide bonds. The number of nitrogens with zero attached hydrogens (tertiary/aromatic N) is 1. The molecule has 0 aromatic rings. The largest absolute Gasteiger partial charge is 0.465 e. The van der Waals surface area contributed by atoms with Crippen LogP contribution in [-0.2, 0) is 4.74 Å². The maximum absolute atomic E-state index is 10.9. The average molecular weight is 241 g/mol. The van der Waals surface area contributed by atoms with E-state index in [0.29, 0.717) is 13.1 Å². The van der Waals surface area contributed by atoms with E-state index in [1.54, 1.807) is 0 Å². The SMILES string of the molecule is CC(C)(C)[C@@H]1OCCC12CCN(C(=O)O)CC2. The molecular formula is C13H23NO3. The Morgan fingerprint density at radius 3 is 2.35 bits per heavy atom. The minimum atomic E-state index is -0.786. The van der Waals surface area contributed by atoms with E-state index in [2.05, 4.69) is 20.8 Å². The van der Waals surface area contributed by atoms with Gasteiger partial charge in [-0.3, -0.25) is 0 Å². The summed E-state index contributed by atoms with van der Waals surface area (Å²) < 4.78 is 5.94. The molecule has 98 valence electrons. The highest BCUT2D eigenvalue weighted by Gasteiger charge is 2.50. The number of piperidine rings is 1. The minimum Gasteiger partial charge on any atom is -0.465 e. The van der Waals surface area contributed by atoms with Crippen LogP contribution in [0.2, 0.25) is 0 Å². The topological polar surface area (TPSA) is 49.8 Å². The van der Waals surface area contributed by atoms with E-state index >= 15 is 0 Å². The standard InChI is InChI=1S/C13H23NO3/c1-12(2,3)10-13(6-9-17-10)4-7-14(8-5-13)11(15)16/h10H,4-9H2,1-3H3,(H,15,16)/t10-/m0/s1. The van der Waals surface area contributed by atoms with Crippen LogP contribution in [0.5, 0.6) is 0 Å². The molecule has 2 heterocycles. The molecule has 0 bridgehead atoms. The van der Waals surface area contributed by atoms with Crippen molar-refractivity contribution >= 4 is 6.09 Å². The molecule has 0 aromatic heterocycles. The van der Waals surface area contributed by atoms with Gasteiger partial charge in [0.2, 0.25) is 0 Å². The van der Waals surface area contributed by atoms with Gasteiger partial charge < -0.3 is 14.7 Å². The van der Waals surface area contributed by atoms with Gasteiger partial charge in [-0.1, -0.05) is 20.8 Å². The molecule has 1 N–H and O–H groups in total. The van der Waals surface area contributed by atoms with Crippen LogP contribution in [0, 0.1) is 10.8 Å². The fourth-order valence-corrected chi connectivity index (χ4v) is 3.51. The normalized spacial score (nSPS) is 28.6. The molecule has 0 aliphatic carbocycles. The van der Waals surface area contributed by atoms with Gasteiger partial charge in [-0.25, -0.2) is 4.79 Å². The Labute approximate surface area is 103 Å². The number of ether oxygens (including phenoxy) is 1. The fraction of sp³-hybridized carbons (Fsp3) is 0.923. The van der Waals surface area contributed by atoms with Crippen LogP contribution in [0.1, 0.15) is 40.0 Å². The summed E-state index contributed by atoms with van der Waals surface area (Å²) in [7, 11) is 0. The zero-order valence-electron chi connectivity index (χ0n) is 11.0. The number of amides is 1. The van der Waals surface area contributed by atoms with Gasteiger partial charge in [0.15, 0.2) is 0 Å². The smallest absolute Gasteiger partial charge is 0.407 e. The molecule has 2 aliphatic rings. The number of hydrogen-bond donors (Lipinski definition) is 1. The molecule has 0 saturated carbocycles.